The highest BCUT2D eigenvalue weighted by Crippen LogP contribution is 2.12. The van der Waals surface area contributed by atoms with Crippen LogP contribution in [-0.4, -0.2) is 22.3 Å². The van der Waals surface area contributed by atoms with E-state index in [2.05, 4.69) is 10.4 Å². The molecule has 0 bridgehead atoms. The van der Waals surface area contributed by atoms with Crippen molar-refractivity contribution in [3.05, 3.63) is 72.7 Å². The van der Waals surface area contributed by atoms with Crippen LogP contribution in [0.25, 0.3) is 5.69 Å². The topological polar surface area (TPSA) is 56.1 Å². The van der Waals surface area contributed by atoms with Crippen molar-refractivity contribution in [1.29, 1.82) is 0 Å². The van der Waals surface area contributed by atoms with Crippen molar-refractivity contribution < 1.29 is 13.9 Å². The van der Waals surface area contributed by atoms with Crippen molar-refractivity contribution in [3.8, 4) is 11.4 Å². The van der Waals surface area contributed by atoms with Gasteiger partial charge in [0.15, 0.2) is 12.4 Å². The van der Waals surface area contributed by atoms with E-state index >= 15 is 0 Å². The molecule has 1 aromatic heterocycles. The van der Waals surface area contributed by atoms with Crippen LogP contribution in [0.2, 0.25) is 0 Å². The van der Waals surface area contributed by atoms with Gasteiger partial charge >= 0.3 is 0 Å². The molecule has 23 heavy (non-hydrogen) atoms. The van der Waals surface area contributed by atoms with Crippen LogP contribution in [0.15, 0.2) is 66.9 Å². The number of nitrogens with one attached hydrogen (secondary N) is 1. The van der Waals surface area contributed by atoms with Crippen molar-refractivity contribution >= 4 is 11.7 Å². The molecule has 0 spiro atoms. The summed E-state index contributed by atoms with van der Waals surface area (Å²) in [5.41, 5.74) is 0.893. The summed E-state index contributed by atoms with van der Waals surface area (Å²) in [6.45, 7) is -0.221. The maximum Gasteiger partial charge on any atom is 0.263 e. The van der Waals surface area contributed by atoms with Gasteiger partial charge in [-0.05, 0) is 24.3 Å². The molecule has 0 radical (unpaired) electrons. The number of hydrogen-bond acceptors (Lipinski definition) is 3. The number of aromatic nitrogens is 2. The van der Waals surface area contributed by atoms with Gasteiger partial charge in [0.1, 0.15) is 11.6 Å². The summed E-state index contributed by atoms with van der Waals surface area (Å²) >= 11 is 0. The smallest absolute Gasteiger partial charge is 0.263 e. The van der Waals surface area contributed by atoms with Gasteiger partial charge in [-0.15, -0.1) is 0 Å². The molecule has 0 aliphatic rings. The predicted molar refractivity (Wildman–Crippen MR) is 84.1 cm³/mol. The lowest BCUT2D eigenvalue weighted by Crippen LogP contribution is -2.20. The van der Waals surface area contributed by atoms with Crippen molar-refractivity contribution in [1.82, 2.24) is 9.78 Å². The standard InChI is InChI=1S/C17H14FN3O2/c18-13-5-4-8-15(11-13)23-12-17(22)19-16-9-10-21(20-16)14-6-2-1-3-7-14/h1-11H,12H2,(H,19,20,22). The molecule has 6 heteroatoms. The molecule has 116 valence electrons. The fourth-order valence-corrected chi connectivity index (χ4v) is 2.00. The molecule has 3 rings (SSSR count). The molecule has 3 aromatic rings. The first-order chi connectivity index (χ1) is 11.2. The van der Waals surface area contributed by atoms with Crippen LogP contribution in [-0.2, 0) is 4.79 Å². The summed E-state index contributed by atoms with van der Waals surface area (Å²) in [7, 11) is 0. The molecule has 0 aliphatic heterocycles. The number of carbonyl (C=O) groups is 1. The van der Waals surface area contributed by atoms with Crippen LogP contribution in [0, 0.1) is 5.82 Å². The average Bonchev–Trinajstić information content (AvgIpc) is 3.02. The Hall–Kier alpha value is -3.15. The lowest BCUT2D eigenvalue weighted by molar-refractivity contribution is -0.118. The largest absolute Gasteiger partial charge is 0.484 e. The maximum atomic E-state index is 13.0. The normalized spacial score (nSPS) is 10.3. The highest BCUT2D eigenvalue weighted by atomic mass is 19.1. The third-order valence-electron chi connectivity index (χ3n) is 3.04. The van der Waals surface area contributed by atoms with Gasteiger partial charge in [-0.3, -0.25) is 4.79 Å². The van der Waals surface area contributed by atoms with E-state index in [1.807, 2.05) is 30.3 Å². The van der Waals surface area contributed by atoms with Crippen molar-refractivity contribution in [2.24, 2.45) is 0 Å². The van der Waals surface area contributed by atoms with Crippen LogP contribution in [0.5, 0.6) is 5.75 Å². The summed E-state index contributed by atoms with van der Waals surface area (Å²) in [5, 5.41) is 6.89. The van der Waals surface area contributed by atoms with Gasteiger partial charge in [-0.25, -0.2) is 9.07 Å². The number of rotatable bonds is 5. The Morgan fingerprint density at radius 2 is 1.96 bits per heavy atom. The summed E-state index contributed by atoms with van der Waals surface area (Å²) < 4.78 is 19.9. The summed E-state index contributed by atoms with van der Waals surface area (Å²) in [6, 6.07) is 16.9. The number of halogens is 1. The molecule has 5 nitrogen and oxygen atoms in total. The zero-order valence-electron chi connectivity index (χ0n) is 12.1. The van der Waals surface area contributed by atoms with Crippen molar-refractivity contribution in [2.75, 3.05) is 11.9 Å². The van der Waals surface area contributed by atoms with Crippen molar-refractivity contribution in [3.63, 3.8) is 0 Å². The Kier molecular flexibility index (Phi) is 4.33. The van der Waals surface area contributed by atoms with Gasteiger partial charge in [-0.1, -0.05) is 24.3 Å². The highest BCUT2D eigenvalue weighted by molar-refractivity contribution is 5.90. The minimum absolute atomic E-state index is 0.221. The predicted octanol–water partition coefficient (Wildman–Crippen LogP) is 3.03. The molecule has 0 atom stereocenters. The van der Waals surface area contributed by atoms with Crippen LogP contribution in [0.1, 0.15) is 0 Å². The summed E-state index contributed by atoms with van der Waals surface area (Å²) in [6.07, 6.45) is 1.75. The molecule has 0 unspecified atom stereocenters. The molecular formula is C17H14FN3O2. The molecule has 0 fully saturated rings. The number of para-hydroxylation sites is 1. The van der Waals surface area contributed by atoms with E-state index in [9.17, 15) is 9.18 Å². The zero-order chi connectivity index (χ0) is 16.1. The Balaban J connectivity index is 1.57. The van der Waals surface area contributed by atoms with Crippen LogP contribution >= 0.6 is 0 Å². The second-order valence-corrected chi connectivity index (χ2v) is 4.78. The Morgan fingerprint density at radius 1 is 1.13 bits per heavy atom. The number of hydrogen-bond donors (Lipinski definition) is 1. The molecule has 0 saturated heterocycles. The lowest BCUT2D eigenvalue weighted by atomic mass is 10.3. The lowest BCUT2D eigenvalue weighted by Gasteiger charge is -2.06. The minimum atomic E-state index is -0.412. The Bertz CT molecular complexity index is 802. The number of carbonyl (C=O) groups excluding carboxylic acids is 1. The molecule has 0 saturated carbocycles. The first-order valence-electron chi connectivity index (χ1n) is 7.00. The first-order valence-corrected chi connectivity index (χ1v) is 7.00. The molecule has 0 aliphatic carbocycles. The third kappa shape index (κ3) is 3.94. The van der Waals surface area contributed by atoms with Gasteiger partial charge in [0.2, 0.25) is 0 Å². The van der Waals surface area contributed by atoms with Gasteiger partial charge in [-0.2, -0.15) is 5.10 Å². The zero-order valence-corrected chi connectivity index (χ0v) is 12.1. The monoisotopic (exact) mass is 311 g/mol. The molecular weight excluding hydrogens is 297 g/mol. The van der Waals surface area contributed by atoms with Gasteiger partial charge in [0, 0.05) is 18.3 Å². The average molecular weight is 311 g/mol. The van der Waals surface area contributed by atoms with E-state index in [0.717, 1.165) is 5.69 Å². The van der Waals surface area contributed by atoms with E-state index in [1.54, 1.807) is 23.0 Å². The third-order valence-corrected chi connectivity index (χ3v) is 3.04. The van der Waals surface area contributed by atoms with Crippen LogP contribution in [0.3, 0.4) is 0 Å². The highest BCUT2D eigenvalue weighted by Gasteiger charge is 2.07. The van der Waals surface area contributed by atoms with E-state index in [4.69, 9.17) is 4.74 Å². The van der Waals surface area contributed by atoms with Crippen LogP contribution < -0.4 is 10.1 Å². The number of anilines is 1. The number of ether oxygens (including phenoxy) is 1. The van der Waals surface area contributed by atoms with E-state index < -0.39 is 5.82 Å². The second-order valence-electron chi connectivity index (χ2n) is 4.78. The van der Waals surface area contributed by atoms with Gasteiger partial charge in [0.05, 0.1) is 5.69 Å². The number of benzene rings is 2. The van der Waals surface area contributed by atoms with Gasteiger partial charge < -0.3 is 10.1 Å². The second kappa shape index (κ2) is 6.74. The summed E-state index contributed by atoms with van der Waals surface area (Å²) in [5.74, 6) is -0.0613. The summed E-state index contributed by atoms with van der Waals surface area (Å²) in [4.78, 5) is 11.8. The first kappa shape index (κ1) is 14.8. The molecule has 1 amide bonds. The fraction of sp³-hybridized carbons (Fsp3) is 0.0588. The number of nitrogens with zero attached hydrogens (tertiary/aromatic N) is 2. The van der Waals surface area contributed by atoms with Crippen LogP contribution in [0.4, 0.5) is 10.2 Å². The number of amides is 1. The fourth-order valence-electron chi connectivity index (χ4n) is 2.00. The Morgan fingerprint density at radius 3 is 2.74 bits per heavy atom. The minimum Gasteiger partial charge on any atom is -0.484 e. The van der Waals surface area contributed by atoms with E-state index in [0.29, 0.717) is 11.6 Å². The molecule has 1 heterocycles. The van der Waals surface area contributed by atoms with Gasteiger partial charge in [0.25, 0.3) is 5.91 Å². The maximum absolute atomic E-state index is 13.0. The Labute approximate surface area is 132 Å². The quantitative estimate of drug-likeness (QED) is 0.788. The molecule has 2 aromatic carbocycles. The van der Waals surface area contributed by atoms with E-state index in [1.165, 1.54) is 18.2 Å². The van der Waals surface area contributed by atoms with Crippen molar-refractivity contribution in [2.45, 2.75) is 0 Å². The SMILES string of the molecule is O=C(COc1cccc(F)c1)Nc1ccn(-c2ccccc2)n1. The van der Waals surface area contributed by atoms with E-state index in [-0.39, 0.29) is 12.5 Å². The molecule has 1 N–H and O–H groups in total.